The van der Waals surface area contributed by atoms with Gasteiger partial charge in [-0.3, -0.25) is 4.79 Å². The first-order valence-corrected chi connectivity index (χ1v) is 7.32. The van der Waals surface area contributed by atoms with E-state index in [9.17, 15) is 13.2 Å². The summed E-state index contributed by atoms with van der Waals surface area (Å²) in [6.45, 7) is 0. The second kappa shape index (κ2) is 4.13. The summed E-state index contributed by atoms with van der Waals surface area (Å²) in [5.41, 5.74) is 3.73. The summed E-state index contributed by atoms with van der Waals surface area (Å²) >= 11 is 0. The number of nitrogens with zero attached hydrogens (tertiary/aromatic N) is 2. The van der Waals surface area contributed by atoms with E-state index in [-0.39, 0.29) is 12.8 Å². The highest BCUT2D eigenvalue weighted by atomic mass is 32.2. The predicted octanol–water partition coefficient (Wildman–Crippen LogP) is 0.181. The summed E-state index contributed by atoms with van der Waals surface area (Å²) in [5, 5.41) is 12.8. The fourth-order valence-electron chi connectivity index (χ4n) is 2.90. The molecule has 1 saturated carbocycles. The molecule has 1 amide bonds. The SMILES string of the molecule is NC(=O)C1(C2(S(N)(=O)=O)CCCCC2)C=CN=N1. The number of primary sulfonamides is 1. The number of rotatable bonds is 3. The lowest BCUT2D eigenvalue weighted by Crippen LogP contribution is -2.65. The Morgan fingerprint density at radius 1 is 1.22 bits per heavy atom. The fraction of sp³-hybridized carbons (Fsp3) is 0.700. The van der Waals surface area contributed by atoms with E-state index in [1.807, 2.05) is 0 Å². The van der Waals surface area contributed by atoms with Crippen molar-refractivity contribution in [2.24, 2.45) is 21.1 Å². The number of carbonyl (C=O) groups is 1. The number of primary amides is 1. The minimum Gasteiger partial charge on any atom is -0.367 e. The molecule has 0 bridgehead atoms. The molecule has 2 rings (SSSR count). The Hall–Kier alpha value is -1.28. The van der Waals surface area contributed by atoms with Crippen molar-refractivity contribution >= 4 is 15.9 Å². The van der Waals surface area contributed by atoms with E-state index in [2.05, 4.69) is 10.2 Å². The van der Waals surface area contributed by atoms with Gasteiger partial charge in [0.15, 0.2) is 0 Å². The van der Waals surface area contributed by atoms with Gasteiger partial charge in [-0.1, -0.05) is 19.3 Å². The molecule has 100 valence electrons. The van der Waals surface area contributed by atoms with E-state index in [1.165, 1.54) is 12.3 Å². The van der Waals surface area contributed by atoms with Crippen LogP contribution >= 0.6 is 0 Å². The molecule has 1 unspecified atom stereocenters. The Kier molecular flexibility index (Phi) is 3.02. The number of carbonyl (C=O) groups excluding carboxylic acids is 1. The molecule has 0 radical (unpaired) electrons. The summed E-state index contributed by atoms with van der Waals surface area (Å²) in [6.07, 6.45) is 5.46. The molecule has 0 aromatic carbocycles. The number of hydrogen-bond acceptors (Lipinski definition) is 5. The van der Waals surface area contributed by atoms with Crippen LogP contribution in [0, 0.1) is 0 Å². The molecule has 1 fully saturated rings. The van der Waals surface area contributed by atoms with E-state index >= 15 is 0 Å². The van der Waals surface area contributed by atoms with Crippen LogP contribution in [0.1, 0.15) is 32.1 Å². The van der Waals surface area contributed by atoms with Crippen LogP contribution < -0.4 is 10.9 Å². The monoisotopic (exact) mass is 272 g/mol. The van der Waals surface area contributed by atoms with Gasteiger partial charge < -0.3 is 5.73 Å². The molecule has 0 spiro atoms. The molecule has 4 N–H and O–H groups in total. The molecule has 7 nitrogen and oxygen atoms in total. The first-order valence-electron chi connectivity index (χ1n) is 5.78. The van der Waals surface area contributed by atoms with Crippen LogP contribution in [0.25, 0.3) is 0 Å². The third kappa shape index (κ3) is 1.59. The lowest BCUT2D eigenvalue weighted by molar-refractivity contribution is -0.122. The second-order valence-corrected chi connectivity index (χ2v) is 6.63. The Morgan fingerprint density at radius 2 is 1.83 bits per heavy atom. The normalized spacial score (nSPS) is 30.5. The molecule has 1 heterocycles. The van der Waals surface area contributed by atoms with Crippen molar-refractivity contribution in [1.82, 2.24) is 0 Å². The summed E-state index contributed by atoms with van der Waals surface area (Å²) in [4.78, 5) is 11.8. The van der Waals surface area contributed by atoms with E-state index in [4.69, 9.17) is 10.9 Å². The van der Waals surface area contributed by atoms with Crippen molar-refractivity contribution in [2.75, 3.05) is 0 Å². The number of sulfonamides is 1. The highest BCUT2D eigenvalue weighted by Gasteiger charge is 2.62. The molecule has 1 aliphatic heterocycles. The summed E-state index contributed by atoms with van der Waals surface area (Å²) in [6, 6.07) is 0. The van der Waals surface area contributed by atoms with Gasteiger partial charge in [-0.25, -0.2) is 13.6 Å². The largest absolute Gasteiger partial charge is 0.367 e. The molecule has 1 atom stereocenters. The maximum Gasteiger partial charge on any atom is 0.253 e. The zero-order valence-electron chi connectivity index (χ0n) is 9.87. The van der Waals surface area contributed by atoms with E-state index in [0.29, 0.717) is 12.8 Å². The summed E-state index contributed by atoms with van der Waals surface area (Å²) in [5.74, 6) is -0.823. The van der Waals surface area contributed by atoms with Crippen LogP contribution in [0.4, 0.5) is 0 Å². The fourth-order valence-corrected chi connectivity index (χ4v) is 4.40. The standard InChI is InChI=1S/C10H16N4O3S/c11-8(15)10(6-7-13-14-10)9(18(12,16)17)4-2-1-3-5-9/h6-7H,1-5H2,(H2,11,15)(H2,12,16,17). The van der Waals surface area contributed by atoms with Crippen molar-refractivity contribution in [1.29, 1.82) is 0 Å². The molecule has 1 aliphatic carbocycles. The lowest BCUT2D eigenvalue weighted by atomic mass is 9.73. The van der Waals surface area contributed by atoms with Gasteiger partial charge >= 0.3 is 0 Å². The zero-order chi connectivity index (χ0) is 13.4. The van der Waals surface area contributed by atoms with Crippen molar-refractivity contribution in [3.63, 3.8) is 0 Å². The maximum absolute atomic E-state index is 12.0. The quantitative estimate of drug-likeness (QED) is 0.760. The van der Waals surface area contributed by atoms with Crippen LogP contribution in [-0.4, -0.2) is 24.6 Å². The second-order valence-electron chi connectivity index (χ2n) is 4.76. The number of azo groups is 1. The van der Waals surface area contributed by atoms with Crippen LogP contribution in [0.15, 0.2) is 22.5 Å². The van der Waals surface area contributed by atoms with Crippen molar-refractivity contribution in [2.45, 2.75) is 42.4 Å². The zero-order valence-corrected chi connectivity index (χ0v) is 10.7. The van der Waals surface area contributed by atoms with Crippen molar-refractivity contribution in [3.05, 3.63) is 12.3 Å². The molecule has 18 heavy (non-hydrogen) atoms. The Bertz CT molecular complexity index is 505. The maximum atomic E-state index is 12.0. The molecule has 0 aromatic heterocycles. The van der Waals surface area contributed by atoms with Gasteiger partial charge in [-0.2, -0.15) is 10.2 Å². The van der Waals surface area contributed by atoms with Crippen LogP contribution in [0.5, 0.6) is 0 Å². The van der Waals surface area contributed by atoms with Crippen LogP contribution in [0.3, 0.4) is 0 Å². The van der Waals surface area contributed by atoms with Crippen molar-refractivity contribution < 1.29 is 13.2 Å². The molecule has 0 aromatic rings. The predicted molar refractivity (Wildman–Crippen MR) is 64.8 cm³/mol. The van der Waals surface area contributed by atoms with Gasteiger partial charge in [0.1, 0.15) is 4.75 Å². The smallest absolute Gasteiger partial charge is 0.253 e. The van der Waals surface area contributed by atoms with Gasteiger partial charge in [0.05, 0.1) is 0 Å². The Labute approximate surface area is 105 Å². The third-order valence-corrected chi connectivity index (χ3v) is 5.68. The number of amides is 1. The highest BCUT2D eigenvalue weighted by Crippen LogP contribution is 2.46. The topological polar surface area (TPSA) is 128 Å². The van der Waals surface area contributed by atoms with Crippen LogP contribution in [0.2, 0.25) is 0 Å². The van der Waals surface area contributed by atoms with E-state index in [1.54, 1.807) is 0 Å². The van der Waals surface area contributed by atoms with Gasteiger partial charge in [0, 0.05) is 6.20 Å². The first kappa shape index (κ1) is 13.2. The summed E-state index contributed by atoms with van der Waals surface area (Å²) in [7, 11) is -3.98. The Morgan fingerprint density at radius 3 is 2.22 bits per heavy atom. The van der Waals surface area contributed by atoms with Gasteiger partial charge in [-0.15, -0.1) is 0 Å². The summed E-state index contributed by atoms with van der Waals surface area (Å²) < 4.78 is 22.6. The third-order valence-electron chi connectivity index (χ3n) is 3.87. The van der Waals surface area contributed by atoms with Gasteiger partial charge in [0.25, 0.3) is 5.91 Å². The van der Waals surface area contributed by atoms with Crippen molar-refractivity contribution in [3.8, 4) is 0 Å². The molecule has 8 heteroatoms. The minimum absolute atomic E-state index is 0.276. The first-order chi connectivity index (χ1) is 8.36. The van der Waals surface area contributed by atoms with E-state index in [0.717, 1.165) is 6.42 Å². The average molecular weight is 272 g/mol. The molecule has 2 aliphatic rings. The average Bonchev–Trinajstić information content (AvgIpc) is 2.79. The number of nitrogens with two attached hydrogens (primary N) is 2. The lowest BCUT2D eigenvalue weighted by Gasteiger charge is -2.43. The van der Waals surface area contributed by atoms with E-state index < -0.39 is 26.2 Å². The highest BCUT2D eigenvalue weighted by molar-refractivity contribution is 7.90. The minimum atomic E-state index is -3.98. The molecule has 0 saturated heterocycles. The van der Waals surface area contributed by atoms with Gasteiger partial charge in [-0.05, 0) is 18.9 Å². The van der Waals surface area contributed by atoms with Gasteiger partial charge in [0.2, 0.25) is 15.6 Å². The van der Waals surface area contributed by atoms with Crippen LogP contribution in [-0.2, 0) is 14.8 Å². The molecular weight excluding hydrogens is 256 g/mol. The Balaban J connectivity index is 2.63. The number of hydrogen-bond donors (Lipinski definition) is 2. The molecular formula is C10H16N4O3S.